The molecule has 2 unspecified atom stereocenters. The van der Waals surface area contributed by atoms with E-state index < -0.39 is 11.6 Å². The molecule has 0 aliphatic carbocycles. The monoisotopic (exact) mass is 467 g/mol. The van der Waals surface area contributed by atoms with Gasteiger partial charge in [-0.05, 0) is 66.5 Å². The second-order valence-electron chi connectivity index (χ2n) is 8.75. The highest BCUT2D eigenvalue weighted by Crippen LogP contribution is 2.40. The number of thioether (sulfide) groups is 1. The van der Waals surface area contributed by atoms with Gasteiger partial charge >= 0.3 is 0 Å². The van der Waals surface area contributed by atoms with Crippen molar-refractivity contribution < 1.29 is 13.5 Å². The summed E-state index contributed by atoms with van der Waals surface area (Å²) in [4.78, 5) is 12.5. The molecule has 2 aliphatic rings. The number of benzene rings is 2. The zero-order valence-electron chi connectivity index (χ0n) is 18.8. The fourth-order valence-corrected chi connectivity index (χ4v) is 5.41. The predicted octanol–water partition coefficient (Wildman–Crippen LogP) is 6.28. The molecule has 7 heteroatoms. The van der Waals surface area contributed by atoms with E-state index in [4.69, 9.17) is 4.74 Å². The summed E-state index contributed by atoms with van der Waals surface area (Å²) in [5.74, 6) is -0.854. The summed E-state index contributed by atoms with van der Waals surface area (Å²) in [6, 6.07) is 10.8. The molecule has 2 aromatic carbocycles. The summed E-state index contributed by atoms with van der Waals surface area (Å²) in [5.41, 5.74) is 2.39. The van der Waals surface area contributed by atoms with Crippen molar-refractivity contribution in [2.24, 2.45) is 0 Å². The quantitative estimate of drug-likeness (QED) is 0.399. The van der Waals surface area contributed by atoms with Gasteiger partial charge in [0, 0.05) is 42.2 Å². The molecule has 5 rings (SSSR count). The third-order valence-corrected chi connectivity index (χ3v) is 7.47. The van der Waals surface area contributed by atoms with Crippen LogP contribution in [0.15, 0.2) is 53.7 Å². The molecule has 1 aromatic heterocycles. The van der Waals surface area contributed by atoms with Crippen molar-refractivity contribution >= 4 is 17.7 Å². The topological polar surface area (TPSA) is 38.2 Å². The van der Waals surface area contributed by atoms with Gasteiger partial charge in [0.1, 0.15) is 6.10 Å². The minimum atomic E-state index is -0.660. The van der Waals surface area contributed by atoms with E-state index in [0.29, 0.717) is 18.4 Å². The number of aromatic nitrogens is 2. The van der Waals surface area contributed by atoms with Crippen molar-refractivity contribution in [1.29, 1.82) is 0 Å². The number of aryl methyl sites for hydroxylation is 1. The zero-order chi connectivity index (χ0) is 22.9. The average molecular weight is 468 g/mol. The van der Waals surface area contributed by atoms with E-state index in [1.807, 2.05) is 42.9 Å². The lowest BCUT2D eigenvalue weighted by Crippen LogP contribution is -2.47. The Morgan fingerprint density at radius 3 is 2.12 bits per heavy atom. The molecule has 4 nitrogen and oxygen atoms in total. The Labute approximate surface area is 197 Å². The van der Waals surface area contributed by atoms with Gasteiger partial charge in [0.15, 0.2) is 17.4 Å². The molecule has 2 atom stereocenters. The van der Waals surface area contributed by atoms with E-state index in [2.05, 4.69) is 21.8 Å². The van der Waals surface area contributed by atoms with Crippen molar-refractivity contribution in [1.82, 2.24) is 9.97 Å². The summed E-state index contributed by atoms with van der Waals surface area (Å²) < 4.78 is 35.8. The number of halogens is 2. The van der Waals surface area contributed by atoms with Crippen LogP contribution in [0.4, 0.5) is 14.7 Å². The lowest BCUT2D eigenvalue weighted by atomic mass is 9.99. The minimum Gasteiger partial charge on any atom is -0.484 e. The largest absolute Gasteiger partial charge is 0.484 e. The summed E-state index contributed by atoms with van der Waals surface area (Å²) in [5, 5.41) is 0. The van der Waals surface area contributed by atoms with Crippen molar-refractivity contribution in [3.05, 3.63) is 66.0 Å². The van der Waals surface area contributed by atoms with Crippen LogP contribution in [0, 0.1) is 11.6 Å². The molecular formula is C26H27F2N3OS. The maximum Gasteiger partial charge on any atom is 0.225 e. The SMILES string of the molecule is CCc1cnc(N2C3CCC2CC(Oc2c(F)cc(-c4ccc(SC)cc4)cc2F)C3)nc1. The molecule has 3 aromatic rings. The van der Waals surface area contributed by atoms with Crippen LogP contribution in [0.5, 0.6) is 5.75 Å². The molecule has 0 N–H and O–H groups in total. The standard InChI is InChI=1S/C26H27F2N3OS/c1-3-16-14-29-26(30-15-16)31-19-6-7-20(31)13-21(12-19)32-25-23(27)10-18(11-24(25)28)17-4-8-22(33-2)9-5-17/h4-5,8-11,14-15,19-21H,3,6-7,12-13H2,1-2H3. The lowest BCUT2D eigenvalue weighted by Gasteiger charge is -2.38. The van der Waals surface area contributed by atoms with Crippen LogP contribution in [0.3, 0.4) is 0 Å². The molecule has 3 heterocycles. The molecule has 2 saturated heterocycles. The number of ether oxygens (including phenoxy) is 1. The smallest absolute Gasteiger partial charge is 0.225 e. The van der Waals surface area contributed by atoms with Gasteiger partial charge in [0.05, 0.1) is 0 Å². The molecule has 2 aliphatic heterocycles. The first-order valence-corrected chi connectivity index (χ1v) is 12.7. The van der Waals surface area contributed by atoms with E-state index in [9.17, 15) is 8.78 Å². The Balaban J connectivity index is 1.31. The highest BCUT2D eigenvalue weighted by Gasteiger charge is 2.43. The third-order valence-electron chi connectivity index (χ3n) is 6.73. The normalized spacial score (nSPS) is 21.9. The Bertz CT molecular complexity index is 1090. The summed E-state index contributed by atoms with van der Waals surface area (Å²) in [6.45, 7) is 2.08. The summed E-state index contributed by atoms with van der Waals surface area (Å²) in [7, 11) is 0. The number of hydrogen-bond acceptors (Lipinski definition) is 5. The lowest BCUT2D eigenvalue weighted by molar-refractivity contribution is 0.137. The Morgan fingerprint density at radius 2 is 1.58 bits per heavy atom. The zero-order valence-corrected chi connectivity index (χ0v) is 19.6. The van der Waals surface area contributed by atoms with Gasteiger partial charge in [-0.25, -0.2) is 18.7 Å². The van der Waals surface area contributed by atoms with Gasteiger partial charge in [-0.3, -0.25) is 0 Å². The van der Waals surface area contributed by atoms with Crippen LogP contribution in [-0.4, -0.2) is 34.4 Å². The Hall–Kier alpha value is -2.67. The fraction of sp³-hybridized carbons (Fsp3) is 0.385. The second-order valence-corrected chi connectivity index (χ2v) is 9.63. The van der Waals surface area contributed by atoms with Gasteiger partial charge < -0.3 is 9.64 Å². The van der Waals surface area contributed by atoms with Crippen LogP contribution in [0.2, 0.25) is 0 Å². The van der Waals surface area contributed by atoms with Gasteiger partial charge in [-0.1, -0.05) is 19.1 Å². The number of anilines is 1. The van der Waals surface area contributed by atoms with E-state index >= 15 is 0 Å². The first-order chi connectivity index (χ1) is 16.1. The van der Waals surface area contributed by atoms with Crippen LogP contribution in [0.25, 0.3) is 11.1 Å². The van der Waals surface area contributed by atoms with E-state index in [1.165, 1.54) is 12.1 Å². The predicted molar refractivity (Wildman–Crippen MR) is 128 cm³/mol. The van der Waals surface area contributed by atoms with Gasteiger partial charge in [-0.2, -0.15) is 0 Å². The number of hydrogen-bond donors (Lipinski definition) is 0. The minimum absolute atomic E-state index is 0.224. The number of rotatable bonds is 6. The van der Waals surface area contributed by atoms with Crippen molar-refractivity contribution in [3.8, 4) is 16.9 Å². The maximum atomic E-state index is 14.9. The molecule has 2 bridgehead atoms. The number of nitrogens with zero attached hydrogens (tertiary/aromatic N) is 3. The third kappa shape index (κ3) is 4.43. The van der Waals surface area contributed by atoms with Gasteiger partial charge in [0.25, 0.3) is 0 Å². The van der Waals surface area contributed by atoms with Crippen LogP contribution < -0.4 is 9.64 Å². The van der Waals surface area contributed by atoms with E-state index in [1.54, 1.807) is 11.8 Å². The molecular weight excluding hydrogens is 440 g/mol. The Kier molecular flexibility index (Phi) is 6.23. The first kappa shape index (κ1) is 22.1. The van der Waals surface area contributed by atoms with Crippen molar-refractivity contribution in [2.45, 2.75) is 62.1 Å². The van der Waals surface area contributed by atoms with Gasteiger partial charge in [-0.15, -0.1) is 11.8 Å². The van der Waals surface area contributed by atoms with E-state index in [0.717, 1.165) is 41.2 Å². The maximum absolute atomic E-state index is 14.9. The van der Waals surface area contributed by atoms with Crippen LogP contribution >= 0.6 is 11.8 Å². The highest BCUT2D eigenvalue weighted by molar-refractivity contribution is 7.98. The summed E-state index contributed by atoms with van der Waals surface area (Å²) >= 11 is 1.63. The fourth-order valence-electron chi connectivity index (χ4n) is 5.00. The summed E-state index contributed by atoms with van der Waals surface area (Å²) in [6.07, 6.45) is 9.85. The molecule has 33 heavy (non-hydrogen) atoms. The molecule has 0 radical (unpaired) electrons. The van der Waals surface area contributed by atoms with E-state index in [-0.39, 0.29) is 23.9 Å². The molecule has 0 saturated carbocycles. The molecule has 2 fully saturated rings. The molecule has 0 spiro atoms. The van der Waals surface area contributed by atoms with Crippen LogP contribution in [-0.2, 0) is 6.42 Å². The van der Waals surface area contributed by atoms with Crippen molar-refractivity contribution in [2.75, 3.05) is 11.2 Å². The molecule has 172 valence electrons. The Morgan fingerprint density at radius 1 is 0.970 bits per heavy atom. The van der Waals surface area contributed by atoms with Gasteiger partial charge in [0.2, 0.25) is 5.95 Å². The average Bonchev–Trinajstić information content (AvgIpc) is 3.11. The number of fused-ring (bicyclic) bond motifs is 2. The molecule has 0 amide bonds. The number of piperidine rings is 1. The second kappa shape index (κ2) is 9.29. The highest BCUT2D eigenvalue weighted by atomic mass is 32.2. The van der Waals surface area contributed by atoms with Crippen molar-refractivity contribution in [3.63, 3.8) is 0 Å². The van der Waals surface area contributed by atoms with Crippen LogP contribution in [0.1, 0.15) is 38.2 Å². The first-order valence-electron chi connectivity index (χ1n) is 11.4.